The molecule has 0 aromatic heterocycles. The van der Waals surface area contributed by atoms with E-state index in [-0.39, 0.29) is 18.1 Å². The molecule has 0 aliphatic carbocycles. The molecule has 1 saturated heterocycles. The van der Waals surface area contributed by atoms with Gasteiger partial charge in [-0.1, -0.05) is 35.9 Å². The summed E-state index contributed by atoms with van der Waals surface area (Å²) in [6.45, 7) is 1.61. The summed E-state index contributed by atoms with van der Waals surface area (Å²) in [5.41, 5.74) is -0.731. The van der Waals surface area contributed by atoms with Crippen LogP contribution in [-0.4, -0.2) is 54.3 Å². The van der Waals surface area contributed by atoms with Gasteiger partial charge in [-0.25, -0.2) is 0 Å². The molecule has 1 aliphatic rings. The van der Waals surface area contributed by atoms with Gasteiger partial charge >= 0.3 is 6.18 Å². The summed E-state index contributed by atoms with van der Waals surface area (Å²) in [5.74, 6) is -0.716. The second-order valence-electron chi connectivity index (χ2n) is 6.64. The number of nitrogens with zero attached hydrogens (tertiary/aromatic N) is 2. The molecule has 1 aliphatic heterocycles. The van der Waals surface area contributed by atoms with E-state index in [1.54, 1.807) is 34.1 Å². The number of piperazine rings is 1. The Morgan fingerprint density at radius 1 is 0.966 bits per heavy atom. The summed E-state index contributed by atoms with van der Waals surface area (Å²) < 4.78 is 39.1. The van der Waals surface area contributed by atoms with Gasteiger partial charge in [0.1, 0.15) is 0 Å². The molecular weight excluding hydrogens is 407 g/mol. The van der Waals surface area contributed by atoms with Gasteiger partial charge in [0.25, 0.3) is 5.91 Å². The van der Waals surface area contributed by atoms with Gasteiger partial charge in [-0.15, -0.1) is 0 Å². The highest BCUT2D eigenvalue weighted by molar-refractivity contribution is 6.33. The third-order valence-corrected chi connectivity index (χ3v) is 4.97. The molecule has 0 bridgehead atoms. The lowest BCUT2D eigenvalue weighted by atomic mass is 10.1. The van der Waals surface area contributed by atoms with Gasteiger partial charge in [-0.2, -0.15) is 13.2 Å². The smallest absolute Gasteiger partial charge is 0.336 e. The molecule has 0 radical (unpaired) electrons. The maximum absolute atomic E-state index is 13.0. The van der Waals surface area contributed by atoms with E-state index in [9.17, 15) is 22.8 Å². The number of amides is 2. The maximum Gasteiger partial charge on any atom is 0.418 e. The minimum Gasteiger partial charge on any atom is -0.336 e. The molecular formula is C20H19ClF3N3O2. The van der Waals surface area contributed by atoms with E-state index in [0.29, 0.717) is 36.8 Å². The van der Waals surface area contributed by atoms with Crippen LogP contribution < -0.4 is 5.32 Å². The molecule has 2 aromatic rings. The van der Waals surface area contributed by atoms with Crippen LogP contribution in [0, 0.1) is 0 Å². The topological polar surface area (TPSA) is 52.7 Å². The number of rotatable bonds is 4. The van der Waals surface area contributed by atoms with E-state index < -0.39 is 17.6 Å². The first kappa shape index (κ1) is 21.1. The van der Waals surface area contributed by atoms with E-state index in [4.69, 9.17) is 11.6 Å². The van der Waals surface area contributed by atoms with Crippen molar-refractivity contribution in [3.8, 4) is 0 Å². The fourth-order valence-electron chi connectivity index (χ4n) is 3.15. The van der Waals surface area contributed by atoms with Crippen LogP contribution in [0.3, 0.4) is 0 Å². The van der Waals surface area contributed by atoms with Gasteiger partial charge < -0.3 is 10.2 Å². The largest absolute Gasteiger partial charge is 0.418 e. The molecule has 1 fully saturated rings. The van der Waals surface area contributed by atoms with Gasteiger partial charge in [0, 0.05) is 26.2 Å². The van der Waals surface area contributed by atoms with E-state index in [2.05, 4.69) is 5.32 Å². The Hall–Kier alpha value is -2.58. The quantitative estimate of drug-likeness (QED) is 0.811. The summed E-state index contributed by atoms with van der Waals surface area (Å²) in [6.07, 6.45) is -4.55. The average molecular weight is 426 g/mol. The van der Waals surface area contributed by atoms with Crippen LogP contribution >= 0.6 is 11.6 Å². The number of benzene rings is 2. The van der Waals surface area contributed by atoms with Gasteiger partial charge in [-0.05, 0) is 24.3 Å². The Labute approximate surface area is 171 Å². The van der Waals surface area contributed by atoms with Gasteiger partial charge in [0.2, 0.25) is 5.91 Å². The fraction of sp³-hybridized carbons (Fsp3) is 0.300. The number of alkyl halides is 3. The first-order chi connectivity index (χ1) is 13.8. The zero-order chi connectivity index (χ0) is 21.0. The van der Waals surface area contributed by atoms with Crippen molar-refractivity contribution in [3.63, 3.8) is 0 Å². The highest BCUT2D eigenvalue weighted by Crippen LogP contribution is 2.34. The van der Waals surface area contributed by atoms with E-state index in [1.807, 2.05) is 0 Å². The van der Waals surface area contributed by atoms with Crippen molar-refractivity contribution in [1.82, 2.24) is 9.80 Å². The van der Waals surface area contributed by atoms with Crippen molar-refractivity contribution in [1.29, 1.82) is 0 Å². The molecule has 1 N–H and O–H groups in total. The number of carbonyl (C=O) groups excluding carboxylic acids is 2. The number of para-hydroxylation sites is 1. The monoisotopic (exact) mass is 425 g/mol. The molecule has 0 unspecified atom stereocenters. The molecule has 2 amide bonds. The second-order valence-corrected chi connectivity index (χ2v) is 7.05. The second kappa shape index (κ2) is 8.84. The number of halogens is 4. The molecule has 29 heavy (non-hydrogen) atoms. The zero-order valence-corrected chi connectivity index (χ0v) is 16.1. The van der Waals surface area contributed by atoms with Crippen LogP contribution in [0.5, 0.6) is 0 Å². The van der Waals surface area contributed by atoms with Gasteiger partial charge in [-0.3, -0.25) is 14.5 Å². The zero-order valence-electron chi connectivity index (χ0n) is 15.4. The highest BCUT2D eigenvalue weighted by atomic mass is 35.5. The molecule has 3 rings (SSSR count). The highest BCUT2D eigenvalue weighted by Gasteiger charge is 2.33. The fourth-order valence-corrected chi connectivity index (χ4v) is 3.36. The third kappa shape index (κ3) is 5.27. The lowest BCUT2D eigenvalue weighted by Gasteiger charge is -2.34. The van der Waals surface area contributed by atoms with Crippen molar-refractivity contribution in [3.05, 3.63) is 64.7 Å². The van der Waals surface area contributed by atoms with E-state index >= 15 is 0 Å². The van der Waals surface area contributed by atoms with E-state index in [1.165, 1.54) is 18.2 Å². The number of anilines is 1. The summed E-state index contributed by atoms with van der Waals surface area (Å²) in [4.78, 5) is 28.2. The van der Waals surface area contributed by atoms with Gasteiger partial charge in [0.05, 0.1) is 28.4 Å². The average Bonchev–Trinajstić information content (AvgIpc) is 2.68. The number of carbonyl (C=O) groups is 2. The summed E-state index contributed by atoms with van der Waals surface area (Å²) >= 11 is 6.07. The Bertz CT molecular complexity index is 897. The minimum atomic E-state index is -4.55. The number of hydrogen-bond acceptors (Lipinski definition) is 3. The Kier molecular flexibility index (Phi) is 6.44. The third-order valence-electron chi connectivity index (χ3n) is 4.64. The molecule has 2 aromatic carbocycles. The molecule has 154 valence electrons. The standard InChI is InChI=1S/C20H19ClF3N3O2/c21-16-7-3-1-5-14(16)19(29)27-11-9-26(10-12-27)13-18(28)25-17-8-4-2-6-15(17)20(22,23)24/h1-8H,9-13H2,(H,25,28). The van der Waals surface area contributed by atoms with Crippen LogP contribution in [0.4, 0.5) is 18.9 Å². The predicted octanol–water partition coefficient (Wildman–Crippen LogP) is 3.76. The van der Waals surface area contributed by atoms with Crippen LogP contribution in [0.2, 0.25) is 5.02 Å². The summed E-state index contributed by atoms with van der Waals surface area (Å²) in [5, 5.41) is 2.71. The number of nitrogens with one attached hydrogen (secondary N) is 1. The molecule has 5 nitrogen and oxygen atoms in total. The normalized spacial score (nSPS) is 15.2. The van der Waals surface area contributed by atoms with Crippen LogP contribution in [0.15, 0.2) is 48.5 Å². The molecule has 0 spiro atoms. The van der Waals surface area contributed by atoms with Crippen molar-refractivity contribution in [2.45, 2.75) is 6.18 Å². The van der Waals surface area contributed by atoms with Crippen molar-refractivity contribution < 1.29 is 22.8 Å². The molecule has 1 heterocycles. The number of hydrogen-bond donors (Lipinski definition) is 1. The lowest BCUT2D eigenvalue weighted by Crippen LogP contribution is -2.50. The van der Waals surface area contributed by atoms with Gasteiger partial charge in [0.15, 0.2) is 0 Å². The summed E-state index contributed by atoms with van der Waals surface area (Å²) in [7, 11) is 0. The van der Waals surface area contributed by atoms with Crippen LogP contribution in [0.1, 0.15) is 15.9 Å². The maximum atomic E-state index is 13.0. The summed E-state index contributed by atoms with van der Waals surface area (Å²) in [6, 6.07) is 11.6. The van der Waals surface area contributed by atoms with Crippen LogP contribution in [0.25, 0.3) is 0 Å². The SMILES string of the molecule is O=C(CN1CCN(C(=O)c2ccccc2Cl)CC1)Nc1ccccc1C(F)(F)F. The first-order valence-corrected chi connectivity index (χ1v) is 9.36. The Balaban J connectivity index is 1.54. The molecule has 9 heteroatoms. The predicted molar refractivity (Wildman–Crippen MR) is 104 cm³/mol. The van der Waals surface area contributed by atoms with Crippen molar-refractivity contribution in [2.75, 3.05) is 38.0 Å². The Morgan fingerprint density at radius 2 is 1.59 bits per heavy atom. The molecule has 0 atom stereocenters. The van der Waals surface area contributed by atoms with Crippen molar-refractivity contribution >= 4 is 29.1 Å². The van der Waals surface area contributed by atoms with E-state index in [0.717, 1.165) is 6.07 Å². The van der Waals surface area contributed by atoms with Crippen molar-refractivity contribution in [2.24, 2.45) is 0 Å². The van der Waals surface area contributed by atoms with Crippen LogP contribution in [-0.2, 0) is 11.0 Å². The minimum absolute atomic E-state index is 0.0552. The first-order valence-electron chi connectivity index (χ1n) is 8.98. The lowest BCUT2D eigenvalue weighted by molar-refractivity contribution is -0.137. The molecule has 0 saturated carbocycles. The Morgan fingerprint density at radius 3 is 2.24 bits per heavy atom.